The van der Waals surface area contributed by atoms with Gasteiger partial charge in [0.2, 0.25) is 11.9 Å². The zero-order valence-electron chi connectivity index (χ0n) is 19.9. The van der Waals surface area contributed by atoms with Gasteiger partial charge in [-0.1, -0.05) is 38.0 Å². The van der Waals surface area contributed by atoms with Crippen LogP contribution in [0.4, 0.5) is 5.95 Å². The summed E-state index contributed by atoms with van der Waals surface area (Å²) in [6.07, 6.45) is 2.78. The molecule has 0 saturated heterocycles. The molecule has 2 heterocycles. The van der Waals surface area contributed by atoms with Crippen molar-refractivity contribution < 1.29 is 24.2 Å². The van der Waals surface area contributed by atoms with Gasteiger partial charge in [-0.15, -0.1) is 0 Å². The number of benzene rings is 2. The fourth-order valence-electron chi connectivity index (χ4n) is 4.57. The topological polar surface area (TPSA) is 93.9 Å². The first-order valence-corrected chi connectivity index (χ1v) is 11.9. The molecule has 1 N–H and O–H groups in total. The largest absolute Gasteiger partial charge is 0.504 e. The maximum Gasteiger partial charge on any atom is 0.321 e. The van der Waals surface area contributed by atoms with E-state index in [-0.39, 0.29) is 18.3 Å². The van der Waals surface area contributed by atoms with Gasteiger partial charge in [0.15, 0.2) is 17.4 Å². The van der Waals surface area contributed by atoms with Gasteiger partial charge in [-0.3, -0.25) is 14.5 Å². The molecular formula is C26H31N3O5. The summed E-state index contributed by atoms with van der Waals surface area (Å²) in [5.74, 6) is -1.19. The van der Waals surface area contributed by atoms with E-state index in [0.717, 1.165) is 30.3 Å². The summed E-state index contributed by atoms with van der Waals surface area (Å²) in [6, 6.07) is 11.9. The van der Waals surface area contributed by atoms with E-state index in [0.29, 0.717) is 30.4 Å². The van der Waals surface area contributed by atoms with Crippen LogP contribution in [0.2, 0.25) is 0 Å². The van der Waals surface area contributed by atoms with Gasteiger partial charge < -0.3 is 19.1 Å². The summed E-state index contributed by atoms with van der Waals surface area (Å²) in [7, 11) is 0. The average Bonchev–Trinajstić information content (AvgIpc) is 3.21. The Kier molecular flexibility index (Phi) is 7.05. The molecule has 0 spiro atoms. The number of fused-ring (bicyclic) bond motifs is 3. The fraction of sp³-hybridized carbons (Fsp3) is 0.423. The molecule has 8 heteroatoms. The summed E-state index contributed by atoms with van der Waals surface area (Å²) in [5.41, 5.74) is 2.21. The number of anilines is 1. The minimum Gasteiger partial charge on any atom is -0.504 e. The molecule has 0 fully saturated rings. The summed E-state index contributed by atoms with van der Waals surface area (Å²) in [5, 5.41) is 10.3. The highest BCUT2D eigenvalue weighted by Gasteiger charge is 2.47. The number of aromatic nitrogens is 2. The van der Waals surface area contributed by atoms with E-state index in [1.54, 1.807) is 24.0 Å². The Labute approximate surface area is 199 Å². The van der Waals surface area contributed by atoms with Crippen LogP contribution >= 0.6 is 0 Å². The number of amides is 1. The number of ether oxygens (including phenoxy) is 2. The van der Waals surface area contributed by atoms with E-state index in [1.165, 1.54) is 6.07 Å². The number of para-hydroxylation sites is 2. The Hall–Kier alpha value is -3.55. The zero-order chi connectivity index (χ0) is 24.2. The Morgan fingerprint density at radius 1 is 1.09 bits per heavy atom. The van der Waals surface area contributed by atoms with Crippen LogP contribution in [-0.2, 0) is 14.3 Å². The highest BCUT2D eigenvalue weighted by molar-refractivity contribution is 6.08. The number of phenolic OH excluding ortho intramolecular Hbond substituents is 1. The molecule has 0 unspecified atom stereocenters. The third-order valence-corrected chi connectivity index (χ3v) is 6.10. The number of carbonyl (C=O) groups is 2. The minimum absolute atomic E-state index is 0.00248. The third kappa shape index (κ3) is 4.20. The number of imidazole rings is 1. The highest BCUT2D eigenvalue weighted by Crippen LogP contribution is 2.43. The van der Waals surface area contributed by atoms with Crippen LogP contribution in [0.3, 0.4) is 0 Å². The predicted octanol–water partition coefficient (Wildman–Crippen LogP) is 4.45. The molecule has 2 atom stereocenters. The second-order valence-electron chi connectivity index (χ2n) is 8.30. The number of phenols is 1. The first kappa shape index (κ1) is 23.6. The molecule has 34 heavy (non-hydrogen) atoms. The van der Waals surface area contributed by atoms with Crippen LogP contribution in [0.5, 0.6) is 11.5 Å². The van der Waals surface area contributed by atoms with Gasteiger partial charge in [-0.25, -0.2) is 4.98 Å². The number of nitrogens with zero attached hydrogens (tertiary/aromatic N) is 3. The van der Waals surface area contributed by atoms with Crippen LogP contribution in [0.15, 0.2) is 42.5 Å². The number of carbonyl (C=O) groups excluding carboxylic acids is 2. The van der Waals surface area contributed by atoms with Crippen molar-refractivity contribution in [1.29, 1.82) is 0 Å². The van der Waals surface area contributed by atoms with Crippen molar-refractivity contribution in [2.24, 2.45) is 5.92 Å². The Bertz CT molecular complexity index is 1190. The number of unbranched alkanes of at least 4 members (excludes halogenated alkanes) is 2. The Morgan fingerprint density at radius 3 is 2.62 bits per heavy atom. The molecule has 2 aromatic carbocycles. The Balaban J connectivity index is 1.94. The van der Waals surface area contributed by atoms with Crippen molar-refractivity contribution in [3.8, 4) is 11.5 Å². The van der Waals surface area contributed by atoms with Crippen LogP contribution in [-0.4, -0.2) is 46.3 Å². The van der Waals surface area contributed by atoms with E-state index < -0.39 is 17.9 Å². The van der Waals surface area contributed by atoms with Gasteiger partial charge in [0.05, 0.1) is 30.3 Å². The standard InChI is InChI=1S/C26H31N3O5/c1-4-7-10-15-28-24(31)22(25(32)34-6-3)23(17-13-14-20(30)21(16-17)33-5-2)29-19-12-9-8-11-18(19)27-26(28)29/h8-9,11-14,16,22-23,30H,4-7,10,15H2,1-3H3/t22-,23+/m0/s1. The van der Waals surface area contributed by atoms with Crippen molar-refractivity contribution >= 4 is 28.9 Å². The molecule has 1 aliphatic rings. The predicted molar refractivity (Wildman–Crippen MR) is 129 cm³/mol. The quantitative estimate of drug-likeness (QED) is 0.285. The fourth-order valence-corrected chi connectivity index (χ4v) is 4.57. The number of hydrogen-bond acceptors (Lipinski definition) is 6. The van der Waals surface area contributed by atoms with E-state index in [1.807, 2.05) is 35.8 Å². The normalized spacial score (nSPS) is 17.6. The molecule has 0 aliphatic carbocycles. The molecule has 4 rings (SSSR count). The summed E-state index contributed by atoms with van der Waals surface area (Å²) >= 11 is 0. The first-order valence-electron chi connectivity index (χ1n) is 11.9. The van der Waals surface area contributed by atoms with Gasteiger partial charge in [-0.2, -0.15) is 0 Å². The van der Waals surface area contributed by atoms with Crippen molar-refractivity contribution in [3.05, 3.63) is 48.0 Å². The lowest BCUT2D eigenvalue weighted by Gasteiger charge is -2.38. The SMILES string of the molecule is CCCCCN1C(=O)[C@@H](C(=O)OCC)[C@@H](c2ccc(O)c(OCC)c2)n2c1nc1ccccc12. The average molecular weight is 466 g/mol. The lowest BCUT2D eigenvalue weighted by atomic mass is 9.89. The van der Waals surface area contributed by atoms with Gasteiger partial charge in [0.25, 0.3) is 0 Å². The summed E-state index contributed by atoms with van der Waals surface area (Å²) in [6.45, 7) is 6.66. The maximum atomic E-state index is 13.8. The van der Waals surface area contributed by atoms with Crippen molar-refractivity contribution in [1.82, 2.24) is 9.55 Å². The monoisotopic (exact) mass is 465 g/mol. The molecule has 1 amide bonds. The van der Waals surface area contributed by atoms with Crippen LogP contribution in [0.25, 0.3) is 11.0 Å². The van der Waals surface area contributed by atoms with E-state index in [9.17, 15) is 14.7 Å². The number of aromatic hydroxyl groups is 1. The first-order chi connectivity index (χ1) is 16.5. The van der Waals surface area contributed by atoms with Gasteiger partial charge in [0.1, 0.15) is 0 Å². The van der Waals surface area contributed by atoms with E-state index in [2.05, 4.69) is 6.92 Å². The van der Waals surface area contributed by atoms with E-state index >= 15 is 0 Å². The smallest absolute Gasteiger partial charge is 0.321 e. The van der Waals surface area contributed by atoms with Gasteiger partial charge in [0, 0.05) is 6.54 Å². The second kappa shape index (κ2) is 10.2. The zero-order valence-corrected chi connectivity index (χ0v) is 19.9. The Morgan fingerprint density at radius 2 is 1.88 bits per heavy atom. The minimum atomic E-state index is -1.09. The van der Waals surface area contributed by atoms with E-state index in [4.69, 9.17) is 14.5 Å². The molecule has 1 aromatic heterocycles. The highest BCUT2D eigenvalue weighted by atomic mass is 16.5. The lowest BCUT2D eigenvalue weighted by Crippen LogP contribution is -2.50. The number of esters is 1. The molecule has 180 valence electrons. The summed E-state index contributed by atoms with van der Waals surface area (Å²) in [4.78, 5) is 33.5. The lowest BCUT2D eigenvalue weighted by molar-refractivity contribution is -0.153. The van der Waals surface area contributed by atoms with Gasteiger partial charge in [-0.05, 0) is 50.1 Å². The molecular weight excluding hydrogens is 434 g/mol. The third-order valence-electron chi connectivity index (χ3n) is 6.10. The molecule has 8 nitrogen and oxygen atoms in total. The number of rotatable bonds is 9. The van der Waals surface area contributed by atoms with Crippen LogP contribution in [0, 0.1) is 5.92 Å². The summed E-state index contributed by atoms with van der Waals surface area (Å²) < 4.78 is 12.9. The molecule has 1 aliphatic heterocycles. The van der Waals surface area contributed by atoms with Crippen molar-refractivity contribution in [3.63, 3.8) is 0 Å². The van der Waals surface area contributed by atoms with Crippen molar-refractivity contribution in [2.75, 3.05) is 24.7 Å². The molecule has 0 saturated carbocycles. The van der Waals surface area contributed by atoms with Crippen molar-refractivity contribution in [2.45, 2.75) is 46.1 Å². The second-order valence-corrected chi connectivity index (χ2v) is 8.30. The van der Waals surface area contributed by atoms with Crippen LogP contribution < -0.4 is 9.64 Å². The van der Waals surface area contributed by atoms with Gasteiger partial charge >= 0.3 is 5.97 Å². The number of hydrogen-bond donors (Lipinski definition) is 1. The van der Waals surface area contributed by atoms with Crippen LogP contribution in [0.1, 0.15) is 51.6 Å². The maximum absolute atomic E-state index is 13.8. The molecule has 0 bridgehead atoms. The molecule has 3 aromatic rings. The molecule has 0 radical (unpaired) electrons.